The van der Waals surface area contributed by atoms with Crippen LogP contribution in [-0.4, -0.2) is 41.4 Å². The summed E-state index contributed by atoms with van der Waals surface area (Å²) in [6, 6.07) is 5.68. The molecule has 0 atom stereocenters. The highest BCUT2D eigenvalue weighted by Gasteiger charge is 2.22. The van der Waals surface area contributed by atoms with Gasteiger partial charge in [0.05, 0.1) is 0 Å². The first kappa shape index (κ1) is 16.7. The maximum absolute atomic E-state index is 12.2. The smallest absolute Gasteiger partial charge is 0.223 e. The molecule has 1 aliphatic heterocycles. The Morgan fingerprint density at radius 2 is 1.82 bits per heavy atom. The van der Waals surface area contributed by atoms with Gasteiger partial charge >= 0.3 is 0 Å². The monoisotopic (exact) mass is 303 g/mol. The predicted molar refractivity (Wildman–Crippen MR) is 85.9 cm³/mol. The van der Waals surface area contributed by atoms with E-state index in [4.69, 9.17) is 5.11 Å². The van der Waals surface area contributed by atoms with Gasteiger partial charge in [0, 0.05) is 38.1 Å². The topological polar surface area (TPSA) is 57.6 Å². The van der Waals surface area contributed by atoms with Gasteiger partial charge in [0.25, 0.3) is 0 Å². The molecule has 1 aromatic rings. The first-order chi connectivity index (χ1) is 10.5. The van der Waals surface area contributed by atoms with Gasteiger partial charge in [-0.15, -0.1) is 0 Å². The third kappa shape index (κ3) is 4.17. The lowest BCUT2D eigenvalue weighted by Gasteiger charge is -2.31. The van der Waals surface area contributed by atoms with Gasteiger partial charge in [-0.25, -0.2) is 0 Å². The number of Topliss-reactive ketones (excluding diaryl/α,β-unsaturated/α-hetero) is 1. The zero-order valence-corrected chi connectivity index (χ0v) is 13.5. The number of nitrogens with zero attached hydrogens (tertiary/aromatic N) is 1. The second-order valence-electron chi connectivity index (χ2n) is 6.23. The number of carbonyl (C=O) groups is 2. The molecular formula is C18H25NO3. The van der Waals surface area contributed by atoms with Gasteiger partial charge in [-0.05, 0) is 49.8 Å². The van der Waals surface area contributed by atoms with E-state index in [9.17, 15) is 9.59 Å². The molecule has 0 saturated carbocycles. The molecule has 1 amide bonds. The molecule has 0 bridgehead atoms. The minimum Gasteiger partial charge on any atom is -0.396 e. The summed E-state index contributed by atoms with van der Waals surface area (Å²) in [5.74, 6) is 0.400. The third-order valence-corrected chi connectivity index (χ3v) is 4.62. The van der Waals surface area contributed by atoms with E-state index in [1.165, 1.54) is 5.56 Å². The standard InChI is InChI=1S/C18H25NO3/c1-13-3-4-16(11-14(13)2)17(21)5-6-18(22)19-9-7-15(12-20)8-10-19/h3-4,11,15,20H,5-10,12H2,1-2H3. The van der Waals surface area contributed by atoms with Crippen molar-refractivity contribution in [2.24, 2.45) is 5.92 Å². The average Bonchev–Trinajstić information content (AvgIpc) is 2.54. The van der Waals surface area contributed by atoms with Crippen LogP contribution >= 0.6 is 0 Å². The first-order valence-corrected chi connectivity index (χ1v) is 8.00. The lowest BCUT2D eigenvalue weighted by atomic mass is 9.97. The molecule has 0 aromatic heterocycles. The van der Waals surface area contributed by atoms with Crippen LogP contribution in [0.25, 0.3) is 0 Å². The van der Waals surface area contributed by atoms with E-state index >= 15 is 0 Å². The number of likely N-dealkylation sites (tertiary alicyclic amines) is 1. The molecule has 1 heterocycles. The summed E-state index contributed by atoms with van der Waals surface area (Å²) in [6.07, 6.45) is 2.25. The second kappa shape index (κ2) is 7.54. The number of benzene rings is 1. The van der Waals surface area contributed by atoms with Gasteiger partial charge in [0.2, 0.25) is 5.91 Å². The molecule has 0 spiro atoms. The highest BCUT2D eigenvalue weighted by molar-refractivity contribution is 5.98. The van der Waals surface area contributed by atoms with Crippen LogP contribution in [0.2, 0.25) is 0 Å². The van der Waals surface area contributed by atoms with E-state index in [1.54, 1.807) is 0 Å². The van der Waals surface area contributed by atoms with Gasteiger partial charge in [0.15, 0.2) is 5.78 Å². The number of rotatable bonds is 5. The molecule has 0 aliphatic carbocycles. The van der Waals surface area contributed by atoms with Crippen LogP contribution in [0.1, 0.15) is 47.2 Å². The van der Waals surface area contributed by atoms with Gasteiger partial charge in [-0.2, -0.15) is 0 Å². The van der Waals surface area contributed by atoms with E-state index in [0.717, 1.165) is 18.4 Å². The Kier molecular flexibility index (Phi) is 5.72. The van der Waals surface area contributed by atoms with Gasteiger partial charge in [-0.1, -0.05) is 12.1 Å². The fraction of sp³-hybridized carbons (Fsp3) is 0.556. The predicted octanol–water partition coefficient (Wildman–Crippen LogP) is 2.50. The Hall–Kier alpha value is -1.68. The normalized spacial score (nSPS) is 15.9. The molecule has 1 aromatic carbocycles. The van der Waals surface area contributed by atoms with E-state index in [0.29, 0.717) is 24.6 Å². The summed E-state index contributed by atoms with van der Waals surface area (Å²) in [6.45, 7) is 5.60. The van der Waals surface area contributed by atoms with Crippen molar-refractivity contribution in [3.05, 3.63) is 34.9 Å². The average molecular weight is 303 g/mol. The molecule has 22 heavy (non-hydrogen) atoms. The molecule has 0 radical (unpaired) electrons. The number of aliphatic hydroxyl groups is 1. The summed E-state index contributed by atoms with van der Waals surface area (Å²) in [5.41, 5.74) is 2.96. The van der Waals surface area contributed by atoms with Crippen molar-refractivity contribution in [1.29, 1.82) is 0 Å². The third-order valence-electron chi connectivity index (χ3n) is 4.62. The van der Waals surface area contributed by atoms with Crippen LogP contribution in [0.4, 0.5) is 0 Å². The van der Waals surface area contributed by atoms with E-state index in [1.807, 2.05) is 36.9 Å². The number of amides is 1. The van der Waals surface area contributed by atoms with Crippen molar-refractivity contribution >= 4 is 11.7 Å². The Morgan fingerprint density at radius 1 is 1.14 bits per heavy atom. The van der Waals surface area contributed by atoms with Crippen LogP contribution in [0.15, 0.2) is 18.2 Å². The quantitative estimate of drug-likeness (QED) is 0.850. The molecule has 1 saturated heterocycles. The van der Waals surface area contributed by atoms with Gasteiger partial charge < -0.3 is 10.0 Å². The van der Waals surface area contributed by atoms with Crippen molar-refractivity contribution in [3.8, 4) is 0 Å². The van der Waals surface area contributed by atoms with Crippen LogP contribution in [-0.2, 0) is 4.79 Å². The first-order valence-electron chi connectivity index (χ1n) is 8.00. The molecular weight excluding hydrogens is 278 g/mol. The second-order valence-corrected chi connectivity index (χ2v) is 6.23. The Balaban J connectivity index is 1.83. The number of carbonyl (C=O) groups excluding carboxylic acids is 2. The van der Waals surface area contributed by atoms with Gasteiger partial charge in [-0.3, -0.25) is 9.59 Å². The number of aliphatic hydroxyl groups excluding tert-OH is 1. The number of hydrogen-bond acceptors (Lipinski definition) is 3. The lowest BCUT2D eigenvalue weighted by molar-refractivity contribution is -0.132. The number of hydrogen-bond donors (Lipinski definition) is 1. The molecule has 4 nitrogen and oxygen atoms in total. The van der Waals surface area contributed by atoms with Crippen molar-refractivity contribution in [2.45, 2.75) is 39.5 Å². The Bertz CT molecular complexity index is 545. The SMILES string of the molecule is Cc1ccc(C(=O)CCC(=O)N2CCC(CO)CC2)cc1C. The lowest BCUT2D eigenvalue weighted by Crippen LogP contribution is -2.39. The summed E-state index contributed by atoms with van der Waals surface area (Å²) in [5, 5.41) is 9.11. The number of aryl methyl sites for hydroxylation is 2. The van der Waals surface area contributed by atoms with Crippen molar-refractivity contribution in [2.75, 3.05) is 19.7 Å². The van der Waals surface area contributed by atoms with Crippen molar-refractivity contribution < 1.29 is 14.7 Å². The Morgan fingerprint density at radius 3 is 2.41 bits per heavy atom. The highest BCUT2D eigenvalue weighted by Crippen LogP contribution is 2.18. The summed E-state index contributed by atoms with van der Waals surface area (Å²) in [7, 11) is 0. The molecule has 120 valence electrons. The maximum atomic E-state index is 12.2. The molecule has 4 heteroatoms. The molecule has 1 N–H and O–H groups in total. The van der Waals surface area contributed by atoms with Crippen LogP contribution in [0.3, 0.4) is 0 Å². The molecule has 0 unspecified atom stereocenters. The van der Waals surface area contributed by atoms with Gasteiger partial charge in [0.1, 0.15) is 0 Å². The molecule has 1 fully saturated rings. The fourth-order valence-corrected chi connectivity index (χ4v) is 2.80. The van der Waals surface area contributed by atoms with E-state index < -0.39 is 0 Å². The zero-order chi connectivity index (χ0) is 16.1. The fourth-order valence-electron chi connectivity index (χ4n) is 2.80. The minimum atomic E-state index is 0.0293. The van der Waals surface area contributed by atoms with E-state index in [-0.39, 0.29) is 31.1 Å². The number of piperidine rings is 1. The summed E-state index contributed by atoms with van der Waals surface area (Å²) >= 11 is 0. The van der Waals surface area contributed by atoms with Crippen LogP contribution in [0, 0.1) is 19.8 Å². The van der Waals surface area contributed by atoms with Crippen molar-refractivity contribution in [1.82, 2.24) is 4.90 Å². The molecule has 2 rings (SSSR count). The summed E-state index contributed by atoms with van der Waals surface area (Å²) in [4.78, 5) is 26.2. The number of ketones is 1. The van der Waals surface area contributed by atoms with E-state index in [2.05, 4.69) is 0 Å². The van der Waals surface area contributed by atoms with Crippen LogP contribution in [0.5, 0.6) is 0 Å². The minimum absolute atomic E-state index is 0.0293. The highest BCUT2D eigenvalue weighted by atomic mass is 16.3. The largest absolute Gasteiger partial charge is 0.396 e. The molecule has 1 aliphatic rings. The zero-order valence-electron chi connectivity index (χ0n) is 13.5. The maximum Gasteiger partial charge on any atom is 0.223 e. The van der Waals surface area contributed by atoms with Crippen molar-refractivity contribution in [3.63, 3.8) is 0 Å². The Labute approximate surface area is 132 Å². The summed E-state index contributed by atoms with van der Waals surface area (Å²) < 4.78 is 0. The van der Waals surface area contributed by atoms with Crippen LogP contribution < -0.4 is 0 Å².